The van der Waals surface area contributed by atoms with Gasteiger partial charge in [0.2, 0.25) is 0 Å². The fraction of sp³-hybridized carbons (Fsp3) is 0.0667. The molecule has 0 fully saturated rings. The smallest absolute Gasteiger partial charge is 0.271 e. The van der Waals surface area contributed by atoms with Crippen molar-refractivity contribution < 1.29 is 4.92 Å². The first kappa shape index (κ1) is 13.0. The van der Waals surface area contributed by atoms with E-state index < -0.39 is 4.92 Å². The number of azo groups is 1. The Bertz CT molecular complexity index is 852. The molecule has 0 atom stereocenters. The van der Waals surface area contributed by atoms with Crippen LogP contribution in [0.3, 0.4) is 0 Å². The van der Waals surface area contributed by atoms with Gasteiger partial charge in [-0.2, -0.15) is 5.11 Å². The van der Waals surface area contributed by atoms with Crippen LogP contribution in [0.4, 0.5) is 17.1 Å². The van der Waals surface area contributed by atoms with Gasteiger partial charge in [-0.25, -0.2) is 0 Å². The number of H-pyrrole nitrogens is 1. The fourth-order valence-corrected chi connectivity index (χ4v) is 2.17. The molecule has 3 rings (SSSR count). The van der Waals surface area contributed by atoms with Crippen LogP contribution in [-0.4, -0.2) is 9.91 Å². The summed E-state index contributed by atoms with van der Waals surface area (Å²) in [4.78, 5) is 13.5. The van der Waals surface area contributed by atoms with Crippen molar-refractivity contribution in [3.63, 3.8) is 0 Å². The number of benzene rings is 2. The molecule has 6 nitrogen and oxygen atoms in total. The fourth-order valence-electron chi connectivity index (χ4n) is 2.17. The molecule has 0 spiro atoms. The molecule has 1 aromatic heterocycles. The van der Waals surface area contributed by atoms with E-state index in [0.29, 0.717) is 5.69 Å². The van der Waals surface area contributed by atoms with Gasteiger partial charge >= 0.3 is 0 Å². The number of hydrogen-bond donors (Lipinski definition) is 1. The normalized spacial score (nSPS) is 11.3. The standard InChI is InChI=1S/C15H12N4O2/c1-10-15(13-7-2-3-8-14(13)16-10)18-17-11-5-4-6-12(9-11)19(20)21/h2-9,16H,1H3. The summed E-state index contributed by atoms with van der Waals surface area (Å²) < 4.78 is 0. The van der Waals surface area contributed by atoms with Crippen LogP contribution in [0.1, 0.15) is 5.69 Å². The highest BCUT2D eigenvalue weighted by Gasteiger charge is 2.08. The molecule has 0 amide bonds. The number of aryl methyl sites for hydroxylation is 1. The lowest BCUT2D eigenvalue weighted by molar-refractivity contribution is -0.384. The van der Waals surface area contributed by atoms with E-state index in [0.717, 1.165) is 22.3 Å². The van der Waals surface area contributed by atoms with E-state index >= 15 is 0 Å². The lowest BCUT2D eigenvalue weighted by Gasteiger charge is -1.94. The summed E-state index contributed by atoms with van der Waals surface area (Å²) in [5, 5.41) is 20.1. The lowest BCUT2D eigenvalue weighted by atomic mass is 10.2. The van der Waals surface area contributed by atoms with E-state index in [1.807, 2.05) is 31.2 Å². The summed E-state index contributed by atoms with van der Waals surface area (Å²) in [6, 6.07) is 13.9. The van der Waals surface area contributed by atoms with Crippen LogP contribution < -0.4 is 0 Å². The van der Waals surface area contributed by atoms with Gasteiger partial charge in [-0.3, -0.25) is 10.1 Å². The molecule has 21 heavy (non-hydrogen) atoms. The number of para-hydroxylation sites is 1. The minimum absolute atomic E-state index is 0.00194. The van der Waals surface area contributed by atoms with Gasteiger partial charge < -0.3 is 4.98 Å². The van der Waals surface area contributed by atoms with Gasteiger partial charge in [0.25, 0.3) is 5.69 Å². The number of aromatic nitrogens is 1. The molecule has 1 N–H and O–H groups in total. The summed E-state index contributed by atoms with van der Waals surface area (Å²) in [6.07, 6.45) is 0. The first-order chi connectivity index (χ1) is 10.1. The average molecular weight is 280 g/mol. The molecular formula is C15H12N4O2. The molecular weight excluding hydrogens is 268 g/mol. The zero-order chi connectivity index (χ0) is 14.8. The molecule has 0 aliphatic rings. The summed E-state index contributed by atoms with van der Waals surface area (Å²) in [5.41, 5.74) is 3.10. The van der Waals surface area contributed by atoms with Gasteiger partial charge in [-0.1, -0.05) is 24.3 Å². The summed E-state index contributed by atoms with van der Waals surface area (Å²) >= 11 is 0. The first-order valence-electron chi connectivity index (χ1n) is 6.38. The van der Waals surface area contributed by atoms with Crippen LogP contribution in [0.25, 0.3) is 10.9 Å². The molecule has 0 aliphatic heterocycles. The lowest BCUT2D eigenvalue weighted by Crippen LogP contribution is -1.85. The second-order valence-corrected chi connectivity index (χ2v) is 4.62. The van der Waals surface area contributed by atoms with Crippen molar-refractivity contribution in [2.24, 2.45) is 10.2 Å². The Labute approximate surface area is 120 Å². The predicted octanol–water partition coefficient (Wildman–Crippen LogP) is 4.80. The second kappa shape index (κ2) is 5.16. The molecule has 0 saturated heterocycles. The van der Waals surface area contributed by atoms with E-state index in [1.54, 1.807) is 12.1 Å². The third-order valence-corrected chi connectivity index (χ3v) is 3.17. The number of non-ortho nitro benzene ring substituents is 1. The van der Waals surface area contributed by atoms with Crippen LogP contribution >= 0.6 is 0 Å². The number of nitrogens with one attached hydrogen (secondary N) is 1. The highest BCUT2D eigenvalue weighted by molar-refractivity contribution is 5.92. The number of fused-ring (bicyclic) bond motifs is 1. The van der Waals surface area contributed by atoms with Crippen molar-refractivity contribution in [3.8, 4) is 0 Å². The molecule has 104 valence electrons. The van der Waals surface area contributed by atoms with Crippen LogP contribution in [0.5, 0.6) is 0 Å². The van der Waals surface area contributed by atoms with Gasteiger partial charge in [-0.05, 0) is 19.1 Å². The van der Waals surface area contributed by atoms with Crippen LogP contribution in [0.2, 0.25) is 0 Å². The van der Waals surface area contributed by atoms with Gasteiger partial charge in [0, 0.05) is 28.7 Å². The maximum Gasteiger partial charge on any atom is 0.271 e. The molecule has 3 aromatic rings. The average Bonchev–Trinajstić information content (AvgIpc) is 2.81. The summed E-state index contributed by atoms with van der Waals surface area (Å²) in [7, 11) is 0. The third kappa shape index (κ3) is 2.51. The van der Waals surface area contributed by atoms with Gasteiger partial charge in [-0.15, -0.1) is 5.11 Å². The van der Waals surface area contributed by atoms with Crippen molar-refractivity contribution >= 4 is 28.0 Å². The maximum atomic E-state index is 10.7. The Kier molecular flexibility index (Phi) is 3.19. The molecule has 0 unspecified atom stereocenters. The van der Waals surface area contributed by atoms with Crippen molar-refractivity contribution in [3.05, 3.63) is 64.3 Å². The molecule has 0 aliphatic carbocycles. The minimum atomic E-state index is -0.448. The topological polar surface area (TPSA) is 83.6 Å². The SMILES string of the molecule is Cc1[nH]c2ccccc2c1N=Nc1cccc([N+](=O)[O-])c1. The van der Waals surface area contributed by atoms with E-state index in [2.05, 4.69) is 15.2 Å². The number of hydrogen-bond acceptors (Lipinski definition) is 4. The number of rotatable bonds is 3. The zero-order valence-electron chi connectivity index (χ0n) is 11.3. The number of aromatic amines is 1. The summed E-state index contributed by atoms with van der Waals surface area (Å²) in [5.74, 6) is 0. The van der Waals surface area contributed by atoms with Gasteiger partial charge in [0.1, 0.15) is 5.69 Å². The zero-order valence-corrected chi connectivity index (χ0v) is 11.3. The minimum Gasteiger partial charge on any atom is -0.357 e. The number of nitro groups is 1. The maximum absolute atomic E-state index is 10.7. The molecule has 6 heteroatoms. The predicted molar refractivity (Wildman–Crippen MR) is 80.3 cm³/mol. The van der Waals surface area contributed by atoms with Gasteiger partial charge in [0.15, 0.2) is 0 Å². The van der Waals surface area contributed by atoms with Crippen LogP contribution in [-0.2, 0) is 0 Å². The third-order valence-electron chi connectivity index (χ3n) is 3.17. The first-order valence-corrected chi connectivity index (χ1v) is 6.38. The Morgan fingerprint density at radius 3 is 2.71 bits per heavy atom. The number of nitro benzene ring substituents is 1. The Morgan fingerprint density at radius 1 is 1.10 bits per heavy atom. The van der Waals surface area contributed by atoms with E-state index in [1.165, 1.54) is 12.1 Å². The molecule has 0 bridgehead atoms. The van der Waals surface area contributed by atoms with Gasteiger partial charge in [0.05, 0.1) is 10.6 Å². The molecule has 1 heterocycles. The van der Waals surface area contributed by atoms with Crippen molar-refractivity contribution in [2.45, 2.75) is 6.92 Å². The Hall–Kier alpha value is -3.02. The summed E-state index contributed by atoms with van der Waals surface area (Å²) in [6.45, 7) is 1.92. The molecule has 2 aromatic carbocycles. The monoisotopic (exact) mass is 280 g/mol. The highest BCUT2D eigenvalue weighted by Crippen LogP contribution is 2.31. The van der Waals surface area contributed by atoms with Crippen molar-refractivity contribution in [2.75, 3.05) is 0 Å². The van der Waals surface area contributed by atoms with E-state index in [4.69, 9.17) is 0 Å². The van der Waals surface area contributed by atoms with E-state index in [-0.39, 0.29) is 5.69 Å². The van der Waals surface area contributed by atoms with E-state index in [9.17, 15) is 10.1 Å². The molecule has 0 saturated carbocycles. The van der Waals surface area contributed by atoms with Crippen molar-refractivity contribution in [1.82, 2.24) is 4.98 Å². The van der Waals surface area contributed by atoms with Crippen molar-refractivity contribution in [1.29, 1.82) is 0 Å². The van der Waals surface area contributed by atoms with Crippen LogP contribution in [0.15, 0.2) is 58.8 Å². The van der Waals surface area contributed by atoms with Crippen LogP contribution in [0, 0.1) is 17.0 Å². The second-order valence-electron chi connectivity index (χ2n) is 4.62. The largest absolute Gasteiger partial charge is 0.357 e. The number of nitrogens with zero attached hydrogens (tertiary/aromatic N) is 3. The molecule has 0 radical (unpaired) electrons. The highest BCUT2D eigenvalue weighted by atomic mass is 16.6. The quantitative estimate of drug-likeness (QED) is 0.424. The Morgan fingerprint density at radius 2 is 1.90 bits per heavy atom. The Balaban J connectivity index is 2.00.